The van der Waals surface area contributed by atoms with Gasteiger partial charge in [-0.05, 0) is 392 Å². The molecule has 20 heteroatoms. The highest BCUT2D eigenvalue weighted by molar-refractivity contribution is 6.31. The van der Waals surface area contributed by atoms with E-state index in [4.69, 9.17) is 35.3 Å². The number of hydrogen-bond acceptors (Lipinski definition) is 9. The van der Waals surface area contributed by atoms with E-state index in [1.165, 1.54) is 186 Å². The minimum absolute atomic E-state index is 0.0344. The van der Waals surface area contributed by atoms with Gasteiger partial charge in [-0.25, -0.2) is 28.0 Å². The van der Waals surface area contributed by atoms with Crippen molar-refractivity contribution in [1.29, 1.82) is 0 Å². The van der Waals surface area contributed by atoms with Gasteiger partial charge in [-0.1, -0.05) is 210 Å². The summed E-state index contributed by atoms with van der Waals surface area (Å²) in [4.78, 5) is 59.7. The Balaban J connectivity index is 0.000000132. The summed E-state index contributed by atoms with van der Waals surface area (Å²) < 4.78 is 57.2. The highest BCUT2D eigenvalue weighted by Crippen LogP contribution is 2.48. The Morgan fingerprint density at radius 3 is 0.890 bits per heavy atom. The summed E-state index contributed by atoms with van der Waals surface area (Å²) in [6, 6.07) is 79.9. The highest BCUT2D eigenvalue weighted by atomic mass is 35.5. The smallest absolute Gasteiger partial charge is 0.326 e. The van der Waals surface area contributed by atoms with Gasteiger partial charge < -0.3 is 45.0 Å². The van der Waals surface area contributed by atoms with Gasteiger partial charge >= 0.3 is 24.1 Å². The molecule has 758 valence electrons. The van der Waals surface area contributed by atoms with Crippen LogP contribution in [0, 0.1) is 63.0 Å². The molecular formula is C125H143ClF2N8O9. The summed E-state index contributed by atoms with van der Waals surface area (Å²) >= 11 is 5.87. The Morgan fingerprint density at radius 1 is 0.310 bits per heavy atom. The molecule has 17 nitrogen and oxygen atoms in total. The van der Waals surface area contributed by atoms with Gasteiger partial charge in [0.1, 0.15) is 64.8 Å². The molecule has 145 heavy (non-hydrogen) atoms. The molecule has 4 atom stereocenters. The van der Waals surface area contributed by atoms with Crippen molar-refractivity contribution in [2.75, 3.05) is 74.2 Å². The molecular weight excluding hydrogens is 1830 g/mol. The van der Waals surface area contributed by atoms with Crippen molar-refractivity contribution in [3.05, 3.63) is 304 Å². The lowest BCUT2D eigenvalue weighted by atomic mass is 9.77. The van der Waals surface area contributed by atoms with Crippen molar-refractivity contribution < 1.29 is 51.6 Å². The number of carbonyl (C=O) groups excluding carboxylic acids is 4. The standard InChI is InChI=1S/C32H38N2O3.C32H38N2O2.C31H35FN2O2.C30H32ClFN2O2/c1-5-23-7-9-24(10-8-23)25-11-13-26(14-12-25)27-15-16-29-31(19-27)37-22(3)20-34(29)32(35)33-28-18-21(2)6-17-30(28)36-4;1-5-24-7-9-25(10-8-24)26-11-13-27(14-12-26)28-15-17-30-31(19-28)36-23(4)20-34(30)32(35)33-29-16-6-21(2)18-22(29)3;1-4-22-5-7-23(8-6-22)24-9-11-25(12-10-24)26-13-16-29-30(18-26)36-21(3)19-34(29)31(35)33-27-14-15-28(32)20(2)17-27;1-3-20-4-6-21(7-5-20)22-8-10-23(11-9-22)24-12-15-28-29(16-24)36-19(2)18-34(28)30(35)33-25-13-14-27(32)26(31)17-25/h6,11-19,22-24H,5,7-10,20H2,1-4H3,(H,33,35);6,11-19,23-25H,5,7-10,20H2,1-4H3,(H,33,35);9-18,21-23H,4-8,19H2,1-3H3,(H,33,35);8-17,19-21H,3-7,18H2,1-2H3,(H,33,35). The Morgan fingerprint density at radius 2 is 0.593 bits per heavy atom. The summed E-state index contributed by atoms with van der Waals surface area (Å²) in [5, 5.41) is 11.8. The summed E-state index contributed by atoms with van der Waals surface area (Å²) in [6.07, 6.45) is 25.8. The van der Waals surface area contributed by atoms with Gasteiger partial charge in [0.05, 0.1) is 66.7 Å². The maximum atomic E-state index is 13.6. The number of carbonyl (C=O) groups is 4. The van der Waals surface area contributed by atoms with Crippen molar-refractivity contribution in [3.63, 3.8) is 0 Å². The topological polar surface area (TPSA) is 176 Å². The van der Waals surface area contributed by atoms with Crippen LogP contribution in [0.15, 0.2) is 243 Å². The summed E-state index contributed by atoms with van der Waals surface area (Å²) in [5.41, 5.74) is 24.0. The molecule has 0 saturated heterocycles. The fourth-order valence-electron chi connectivity index (χ4n) is 22.6. The van der Waals surface area contributed by atoms with E-state index in [1.807, 2.05) is 120 Å². The number of hydrogen-bond donors (Lipinski definition) is 4. The van der Waals surface area contributed by atoms with Crippen LogP contribution in [-0.2, 0) is 0 Å². The molecule has 12 aromatic rings. The molecule has 0 bridgehead atoms. The number of rotatable bonds is 17. The minimum Gasteiger partial charge on any atom is -0.495 e. The Bertz CT molecular complexity index is 6310. The van der Waals surface area contributed by atoms with Gasteiger partial charge in [0.15, 0.2) is 0 Å². The zero-order valence-corrected chi connectivity index (χ0v) is 87.3. The first-order valence-corrected chi connectivity index (χ1v) is 53.5. The predicted octanol–water partition coefficient (Wildman–Crippen LogP) is 33.6. The first kappa shape index (κ1) is 103. The molecule has 8 amide bonds. The quantitative estimate of drug-likeness (QED) is 0.0691. The number of halogens is 3. The van der Waals surface area contributed by atoms with Crippen LogP contribution in [0.1, 0.15) is 252 Å². The average Bonchev–Trinajstić information content (AvgIpc) is 0.789. The second-order valence-corrected chi connectivity index (χ2v) is 42.1. The molecule has 12 aromatic carbocycles. The molecule has 0 aromatic heterocycles. The number of methoxy groups -OCH3 is 1. The maximum absolute atomic E-state index is 13.6. The highest BCUT2D eigenvalue weighted by Gasteiger charge is 2.36. The van der Waals surface area contributed by atoms with E-state index in [-0.39, 0.29) is 59.4 Å². The molecule has 4 aliphatic carbocycles. The van der Waals surface area contributed by atoms with E-state index in [2.05, 4.69) is 183 Å². The van der Waals surface area contributed by atoms with Crippen LogP contribution >= 0.6 is 11.6 Å². The molecule has 4 saturated carbocycles. The number of aryl methyl sites for hydroxylation is 4. The second-order valence-electron chi connectivity index (χ2n) is 41.7. The molecule has 4 heterocycles. The van der Waals surface area contributed by atoms with Crippen LogP contribution in [-0.4, -0.2) is 81.8 Å². The lowest BCUT2D eigenvalue weighted by Gasteiger charge is -2.34. The molecule has 20 rings (SSSR count). The predicted molar refractivity (Wildman–Crippen MR) is 589 cm³/mol. The molecule has 4 unspecified atom stereocenters. The van der Waals surface area contributed by atoms with Crippen molar-refractivity contribution in [3.8, 4) is 73.3 Å². The van der Waals surface area contributed by atoms with E-state index in [0.29, 0.717) is 95.4 Å². The van der Waals surface area contributed by atoms with Crippen LogP contribution in [0.4, 0.5) is 73.5 Å². The second kappa shape index (κ2) is 47.4. The van der Waals surface area contributed by atoms with E-state index >= 15 is 0 Å². The molecule has 8 aliphatic rings. The fourth-order valence-corrected chi connectivity index (χ4v) is 22.8. The van der Waals surface area contributed by atoms with E-state index < -0.39 is 5.82 Å². The molecule has 4 N–H and O–H groups in total. The Hall–Kier alpha value is -13.1. The van der Waals surface area contributed by atoms with Crippen molar-refractivity contribution in [2.45, 2.75) is 260 Å². The lowest BCUT2D eigenvalue weighted by Crippen LogP contribution is -2.44. The molecule has 0 spiro atoms. The fraction of sp³-hybridized carbons (Fsp3) is 0.392. The molecule has 4 fully saturated rings. The number of urea groups is 4. The van der Waals surface area contributed by atoms with Crippen LogP contribution in [0.5, 0.6) is 28.7 Å². The van der Waals surface area contributed by atoms with Gasteiger partial charge in [-0.15, -0.1) is 0 Å². The van der Waals surface area contributed by atoms with Gasteiger partial charge in [-0.2, -0.15) is 0 Å². The molecule has 4 aliphatic heterocycles. The number of anilines is 8. The average molecular weight is 1980 g/mol. The SMILES string of the molecule is CCC1CCC(c2ccc(-c3ccc4c(c3)OC(C)CN4C(=O)Nc3cc(C)ccc3OC)cc2)CC1.CCC1CCC(c2ccc(-c3ccc4c(c3)OC(C)CN4C(=O)Nc3ccc(C)cc3C)cc2)CC1.CCC1CCC(c2ccc(-c3ccc4c(c3)OC(C)CN4C(=O)Nc3ccc(F)c(C)c3)cc2)CC1.CCC1CCC(c2ccc(-c3ccc4c(c3)OC(C)CN4C(=O)Nc3ccc(F)c(Cl)c3)cc2)CC1. The number of ether oxygens (including phenoxy) is 5. The van der Waals surface area contributed by atoms with Gasteiger partial charge in [0, 0.05) is 17.1 Å². The lowest BCUT2D eigenvalue weighted by molar-refractivity contribution is 0.209. The van der Waals surface area contributed by atoms with Crippen LogP contribution < -0.4 is 64.6 Å². The van der Waals surface area contributed by atoms with E-state index in [1.54, 1.807) is 45.8 Å². The normalized spacial score (nSPS) is 21.4. The van der Waals surface area contributed by atoms with E-state index in [0.717, 1.165) is 108 Å². The third kappa shape index (κ3) is 25.3. The minimum atomic E-state index is -0.524. The zero-order chi connectivity index (χ0) is 102. The zero-order valence-electron chi connectivity index (χ0n) is 86.6. The maximum Gasteiger partial charge on any atom is 0.326 e. The number of fused-ring (bicyclic) bond motifs is 4. The number of nitrogens with one attached hydrogen (secondary N) is 4. The van der Waals surface area contributed by atoms with Gasteiger partial charge in [0.25, 0.3) is 0 Å². The van der Waals surface area contributed by atoms with Crippen LogP contribution in [0.2, 0.25) is 5.02 Å². The van der Waals surface area contributed by atoms with Gasteiger partial charge in [-0.3, -0.25) is 19.6 Å². The summed E-state index contributed by atoms with van der Waals surface area (Å²) in [5.74, 6) is 9.01. The first-order chi connectivity index (χ1) is 70.2. The molecule has 0 radical (unpaired) electrons. The third-order valence-electron chi connectivity index (χ3n) is 31.4. The summed E-state index contributed by atoms with van der Waals surface area (Å²) in [6.45, 7) is 26.7. The Kier molecular flexibility index (Phi) is 33.7. The Labute approximate surface area is 861 Å². The number of nitrogens with zero attached hydrogens (tertiary/aromatic N) is 4. The van der Waals surface area contributed by atoms with E-state index in [9.17, 15) is 28.0 Å². The monoisotopic (exact) mass is 1970 g/mol. The largest absolute Gasteiger partial charge is 0.495 e. The summed E-state index contributed by atoms with van der Waals surface area (Å²) in [7, 11) is 1.61. The van der Waals surface area contributed by atoms with Crippen LogP contribution in [0.25, 0.3) is 44.5 Å². The van der Waals surface area contributed by atoms with Gasteiger partial charge in [0.2, 0.25) is 0 Å². The first-order valence-electron chi connectivity index (χ1n) is 53.1. The third-order valence-corrected chi connectivity index (χ3v) is 31.7. The number of amides is 8. The van der Waals surface area contributed by atoms with Crippen LogP contribution in [0.3, 0.4) is 0 Å². The van der Waals surface area contributed by atoms with Crippen molar-refractivity contribution >= 4 is 81.2 Å². The van der Waals surface area contributed by atoms with Crippen molar-refractivity contribution in [1.82, 2.24) is 0 Å². The van der Waals surface area contributed by atoms with Crippen molar-refractivity contribution in [2.24, 2.45) is 23.7 Å². The number of benzene rings is 12.